The molecule has 2 atom stereocenters. The second-order valence-corrected chi connectivity index (χ2v) is 5.49. The quantitative estimate of drug-likeness (QED) is 0.594. The average molecular weight is 241 g/mol. The zero-order valence-electron chi connectivity index (χ0n) is 11.5. The van der Waals surface area contributed by atoms with Crippen LogP contribution >= 0.6 is 0 Å². The number of hydrogen-bond donors (Lipinski definition) is 1. The predicted octanol–water partition coefficient (Wildman–Crippen LogP) is 2.74. The molecule has 1 saturated carbocycles. The van der Waals surface area contributed by atoms with Gasteiger partial charge in [-0.3, -0.25) is 4.79 Å². The second kappa shape index (κ2) is 7.70. The lowest BCUT2D eigenvalue weighted by Gasteiger charge is -2.19. The summed E-state index contributed by atoms with van der Waals surface area (Å²) in [6.45, 7) is 5.41. The van der Waals surface area contributed by atoms with Crippen molar-refractivity contribution in [2.24, 2.45) is 11.8 Å². The van der Waals surface area contributed by atoms with Crippen molar-refractivity contribution in [2.45, 2.75) is 58.4 Å². The third-order valence-electron chi connectivity index (χ3n) is 3.95. The Morgan fingerprint density at radius 1 is 1.29 bits per heavy atom. The topological polar surface area (TPSA) is 38.3 Å². The van der Waals surface area contributed by atoms with Gasteiger partial charge in [0.25, 0.3) is 0 Å². The summed E-state index contributed by atoms with van der Waals surface area (Å²) in [7, 11) is 1.45. The molecule has 17 heavy (non-hydrogen) atoms. The lowest BCUT2D eigenvalue weighted by Crippen LogP contribution is -2.30. The molecule has 1 aliphatic carbocycles. The highest BCUT2D eigenvalue weighted by molar-refractivity contribution is 5.69. The Bertz CT molecular complexity index is 228. The van der Waals surface area contributed by atoms with Gasteiger partial charge < -0.3 is 10.1 Å². The standard InChI is InChI=1S/C14H27NO2/c1-11(2)12-5-4-6-13(8-7-12)15-10-9-14(16)17-3/h11-13,15H,4-10H2,1-3H3. The molecule has 0 amide bonds. The Kier molecular flexibility index (Phi) is 6.56. The van der Waals surface area contributed by atoms with E-state index in [1.807, 2.05) is 0 Å². The SMILES string of the molecule is COC(=O)CCNC1CCCC(C(C)C)CC1. The fourth-order valence-electron chi connectivity index (χ4n) is 2.68. The largest absolute Gasteiger partial charge is 0.469 e. The summed E-state index contributed by atoms with van der Waals surface area (Å²) < 4.78 is 4.63. The molecule has 0 bridgehead atoms. The van der Waals surface area contributed by atoms with Gasteiger partial charge >= 0.3 is 5.97 Å². The molecule has 0 radical (unpaired) electrons. The molecule has 1 aliphatic rings. The van der Waals surface area contributed by atoms with E-state index in [0.717, 1.165) is 18.4 Å². The molecular weight excluding hydrogens is 214 g/mol. The maximum Gasteiger partial charge on any atom is 0.306 e. The Balaban J connectivity index is 2.20. The fourth-order valence-corrected chi connectivity index (χ4v) is 2.68. The van der Waals surface area contributed by atoms with Crippen LogP contribution in [0.3, 0.4) is 0 Å². The van der Waals surface area contributed by atoms with Crippen LogP contribution in [0.5, 0.6) is 0 Å². The number of methoxy groups -OCH3 is 1. The first kappa shape index (κ1) is 14.5. The smallest absolute Gasteiger partial charge is 0.306 e. The summed E-state index contributed by atoms with van der Waals surface area (Å²) in [6.07, 6.45) is 7.01. The molecule has 3 nitrogen and oxygen atoms in total. The summed E-state index contributed by atoms with van der Waals surface area (Å²) in [6, 6.07) is 0.600. The lowest BCUT2D eigenvalue weighted by atomic mass is 9.89. The van der Waals surface area contributed by atoms with Crippen LogP contribution in [-0.2, 0) is 9.53 Å². The van der Waals surface area contributed by atoms with Crippen LogP contribution in [0.2, 0.25) is 0 Å². The Morgan fingerprint density at radius 3 is 2.71 bits per heavy atom. The van der Waals surface area contributed by atoms with Crippen LogP contribution in [0.25, 0.3) is 0 Å². The zero-order chi connectivity index (χ0) is 12.7. The zero-order valence-corrected chi connectivity index (χ0v) is 11.5. The molecule has 0 spiro atoms. The molecule has 0 aliphatic heterocycles. The highest BCUT2D eigenvalue weighted by Gasteiger charge is 2.20. The molecule has 3 heteroatoms. The first-order chi connectivity index (χ1) is 8.13. The van der Waals surface area contributed by atoms with Gasteiger partial charge in [-0.25, -0.2) is 0 Å². The molecule has 0 saturated heterocycles. The summed E-state index contributed by atoms with van der Waals surface area (Å²) in [5.74, 6) is 1.58. The molecule has 0 aromatic rings. The Morgan fingerprint density at radius 2 is 2.06 bits per heavy atom. The monoisotopic (exact) mass is 241 g/mol. The third-order valence-corrected chi connectivity index (χ3v) is 3.95. The van der Waals surface area contributed by atoms with E-state index in [-0.39, 0.29) is 5.97 Å². The van der Waals surface area contributed by atoms with E-state index in [2.05, 4.69) is 23.9 Å². The summed E-state index contributed by atoms with van der Waals surface area (Å²) >= 11 is 0. The fraction of sp³-hybridized carbons (Fsp3) is 0.929. The molecule has 1 fully saturated rings. The Labute approximate surface area is 105 Å². The van der Waals surface area contributed by atoms with Crippen LogP contribution < -0.4 is 5.32 Å². The normalized spacial score (nSPS) is 25.6. The van der Waals surface area contributed by atoms with Gasteiger partial charge in [-0.2, -0.15) is 0 Å². The van der Waals surface area contributed by atoms with Gasteiger partial charge in [0.2, 0.25) is 0 Å². The van der Waals surface area contributed by atoms with Gasteiger partial charge in [-0.1, -0.05) is 26.7 Å². The average Bonchev–Trinajstić information content (AvgIpc) is 2.54. The van der Waals surface area contributed by atoms with Crippen molar-refractivity contribution < 1.29 is 9.53 Å². The van der Waals surface area contributed by atoms with Crippen molar-refractivity contribution in [3.05, 3.63) is 0 Å². The number of ether oxygens (including phenoxy) is 1. The van der Waals surface area contributed by atoms with Gasteiger partial charge in [-0.15, -0.1) is 0 Å². The van der Waals surface area contributed by atoms with Crippen molar-refractivity contribution in [2.75, 3.05) is 13.7 Å². The molecule has 0 aromatic carbocycles. The highest BCUT2D eigenvalue weighted by atomic mass is 16.5. The summed E-state index contributed by atoms with van der Waals surface area (Å²) in [4.78, 5) is 11.0. The van der Waals surface area contributed by atoms with Crippen molar-refractivity contribution in [3.63, 3.8) is 0 Å². The van der Waals surface area contributed by atoms with Crippen molar-refractivity contribution in [1.82, 2.24) is 5.32 Å². The van der Waals surface area contributed by atoms with Gasteiger partial charge in [0.05, 0.1) is 13.5 Å². The first-order valence-electron chi connectivity index (χ1n) is 6.93. The van der Waals surface area contributed by atoms with E-state index in [1.165, 1.54) is 39.2 Å². The molecule has 1 N–H and O–H groups in total. The number of hydrogen-bond acceptors (Lipinski definition) is 3. The van der Waals surface area contributed by atoms with Crippen molar-refractivity contribution in [3.8, 4) is 0 Å². The van der Waals surface area contributed by atoms with E-state index in [0.29, 0.717) is 12.5 Å². The molecule has 1 rings (SSSR count). The lowest BCUT2D eigenvalue weighted by molar-refractivity contribution is -0.140. The van der Waals surface area contributed by atoms with E-state index >= 15 is 0 Å². The highest BCUT2D eigenvalue weighted by Crippen LogP contribution is 2.28. The van der Waals surface area contributed by atoms with Crippen LogP contribution in [0, 0.1) is 11.8 Å². The number of esters is 1. The van der Waals surface area contributed by atoms with Gasteiger partial charge in [0, 0.05) is 12.6 Å². The van der Waals surface area contributed by atoms with Crippen LogP contribution in [-0.4, -0.2) is 25.7 Å². The van der Waals surface area contributed by atoms with Gasteiger partial charge in [0.15, 0.2) is 0 Å². The maximum atomic E-state index is 11.0. The second-order valence-electron chi connectivity index (χ2n) is 5.49. The number of carbonyl (C=O) groups is 1. The molecular formula is C14H27NO2. The molecule has 0 aromatic heterocycles. The first-order valence-corrected chi connectivity index (χ1v) is 6.93. The van der Waals surface area contributed by atoms with Crippen LogP contribution in [0.4, 0.5) is 0 Å². The summed E-state index contributed by atoms with van der Waals surface area (Å²) in [5, 5.41) is 3.49. The van der Waals surface area contributed by atoms with Crippen LogP contribution in [0.1, 0.15) is 52.4 Å². The van der Waals surface area contributed by atoms with Crippen molar-refractivity contribution in [1.29, 1.82) is 0 Å². The molecule has 2 unspecified atom stereocenters. The number of nitrogens with one attached hydrogen (secondary N) is 1. The van der Waals surface area contributed by atoms with E-state index in [1.54, 1.807) is 0 Å². The molecule has 0 heterocycles. The Hall–Kier alpha value is -0.570. The minimum Gasteiger partial charge on any atom is -0.469 e. The third kappa shape index (κ3) is 5.53. The summed E-state index contributed by atoms with van der Waals surface area (Å²) in [5.41, 5.74) is 0. The van der Waals surface area contributed by atoms with E-state index in [4.69, 9.17) is 0 Å². The van der Waals surface area contributed by atoms with Gasteiger partial charge in [-0.05, 0) is 31.1 Å². The molecule has 100 valence electrons. The van der Waals surface area contributed by atoms with Crippen molar-refractivity contribution >= 4 is 5.97 Å². The minimum atomic E-state index is -0.119. The van der Waals surface area contributed by atoms with Crippen LogP contribution in [0.15, 0.2) is 0 Å². The van der Waals surface area contributed by atoms with E-state index in [9.17, 15) is 4.79 Å². The maximum absolute atomic E-state index is 11.0. The minimum absolute atomic E-state index is 0.119. The number of carbonyl (C=O) groups excluding carboxylic acids is 1. The van der Waals surface area contributed by atoms with E-state index < -0.39 is 0 Å². The predicted molar refractivity (Wildman–Crippen MR) is 69.8 cm³/mol. The van der Waals surface area contributed by atoms with Gasteiger partial charge in [0.1, 0.15) is 0 Å². The number of rotatable bonds is 5.